The van der Waals surface area contributed by atoms with Gasteiger partial charge in [0.25, 0.3) is 0 Å². The largest absolute Gasteiger partial charge is 0.389 e. The number of benzene rings is 1. The van der Waals surface area contributed by atoms with Crippen molar-refractivity contribution in [2.75, 3.05) is 11.4 Å². The number of halogens is 1. The zero-order valence-corrected chi connectivity index (χ0v) is 11.9. The van der Waals surface area contributed by atoms with Crippen molar-refractivity contribution in [2.45, 2.75) is 58.1 Å². The number of aliphatic hydroxyl groups excluding tert-OH is 1. The molecule has 0 aliphatic carbocycles. The molecule has 0 spiro atoms. The summed E-state index contributed by atoms with van der Waals surface area (Å²) >= 11 is 0. The van der Waals surface area contributed by atoms with E-state index in [2.05, 4.69) is 11.8 Å². The Bertz CT molecular complexity index is 417. The van der Waals surface area contributed by atoms with Gasteiger partial charge in [-0.2, -0.15) is 0 Å². The third kappa shape index (κ3) is 3.08. The fourth-order valence-corrected chi connectivity index (χ4v) is 3.14. The second-order valence-electron chi connectivity index (χ2n) is 5.48. The maximum atomic E-state index is 14.0. The van der Waals surface area contributed by atoms with E-state index in [1.54, 1.807) is 13.0 Å². The van der Waals surface area contributed by atoms with Crippen molar-refractivity contribution >= 4 is 5.69 Å². The Morgan fingerprint density at radius 1 is 1.42 bits per heavy atom. The lowest BCUT2D eigenvalue weighted by Gasteiger charge is -2.39. The Morgan fingerprint density at radius 2 is 2.21 bits per heavy atom. The topological polar surface area (TPSA) is 23.5 Å². The third-order valence-electron chi connectivity index (χ3n) is 4.01. The van der Waals surface area contributed by atoms with E-state index in [4.69, 9.17) is 0 Å². The highest BCUT2D eigenvalue weighted by atomic mass is 19.1. The fourth-order valence-electron chi connectivity index (χ4n) is 3.14. The first-order chi connectivity index (χ1) is 9.15. The Balaban J connectivity index is 2.35. The fraction of sp³-hybridized carbons (Fsp3) is 0.625. The Labute approximate surface area is 115 Å². The van der Waals surface area contributed by atoms with E-state index in [1.165, 1.54) is 18.9 Å². The normalized spacial score (nSPS) is 21.5. The van der Waals surface area contributed by atoms with Crippen LogP contribution in [0.2, 0.25) is 0 Å². The van der Waals surface area contributed by atoms with Crippen LogP contribution in [0.1, 0.15) is 57.6 Å². The number of aliphatic hydroxyl groups is 1. The molecule has 0 aromatic heterocycles. The lowest BCUT2D eigenvalue weighted by atomic mass is 9.95. The van der Waals surface area contributed by atoms with Crippen LogP contribution in [0, 0.1) is 5.82 Å². The second kappa shape index (κ2) is 6.38. The van der Waals surface area contributed by atoms with Gasteiger partial charge in [0.1, 0.15) is 5.82 Å². The number of nitrogens with zero attached hydrogens (tertiary/aromatic N) is 1. The summed E-state index contributed by atoms with van der Waals surface area (Å²) in [7, 11) is 0. The predicted octanol–water partition coefficient (Wildman–Crippen LogP) is 4.04. The van der Waals surface area contributed by atoms with Crippen LogP contribution in [0.5, 0.6) is 0 Å². The summed E-state index contributed by atoms with van der Waals surface area (Å²) in [4.78, 5) is 2.30. The van der Waals surface area contributed by atoms with Crippen molar-refractivity contribution in [3.8, 4) is 0 Å². The summed E-state index contributed by atoms with van der Waals surface area (Å²) in [6.07, 6.45) is 5.08. The van der Waals surface area contributed by atoms with E-state index in [9.17, 15) is 9.50 Å². The lowest BCUT2D eigenvalue weighted by Crippen LogP contribution is -2.40. The van der Waals surface area contributed by atoms with E-state index in [-0.39, 0.29) is 5.82 Å². The van der Waals surface area contributed by atoms with E-state index < -0.39 is 6.10 Å². The van der Waals surface area contributed by atoms with Gasteiger partial charge in [-0.1, -0.05) is 19.4 Å². The number of hydrogen-bond donors (Lipinski definition) is 1. The van der Waals surface area contributed by atoms with Gasteiger partial charge < -0.3 is 10.0 Å². The van der Waals surface area contributed by atoms with Crippen LogP contribution < -0.4 is 4.90 Å². The van der Waals surface area contributed by atoms with Crippen LogP contribution in [0.4, 0.5) is 10.1 Å². The molecule has 0 radical (unpaired) electrons. The van der Waals surface area contributed by atoms with Crippen molar-refractivity contribution in [3.05, 3.63) is 29.6 Å². The average molecular weight is 265 g/mol. The molecule has 1 aliphatic rings. The van der Waals surface area contributed by atoms with Crippen molar-refractivity contribution in [2.24, 2.45) is 0 Å². The van der Waals surface area contributed by atoms with E-state index in [1.807, 2.05) is 6.07 Å². The van der Waals surface area contributed by atoms with Crippen LogP contribution in [-0.2, 0) is 0 Å². The van der Waals surface area contributed by atoms with Crippen LogP contribution >= 0.6 is 0 Å². The molecule has 2 rings (SSSR count). The SMILES string of the molecule is CCCC1CCCCN1c1cccc(F)c1[C@H](C)O. The third-order valence-corrected chi connectivity index (χ3v) is 4.01. The molecule has 3 heteroatoms. The smallest absolute Gasteiger partial charge is 0.131 e. The molecule has 1 aromatic rings. The molecule has 1 heterocycles. The molecule has 0 amide bonds. The first kappa shape index (κ1) is 14.3. The molecule has 1 unspecified atom stereocenters. The highest BCUT2D eigenvalue weighted by Gasteiger charge is 2.26. The van der Waals surface area contributed by atoms with Crippen LogP contribution in [0.25, 0.3) is 0 Å². The molecule has 0 saturated carbocycles. The molecular weight excluding hydrogens is 241 g/mol. The van der Waals surface area contributed by atoms with Gasteiger partial charge in [0.15, 0.2) is 0 Å². The molecule has 106 valence electrons. The molecule has 1 aliphatic heterocycles. The lowest BCUT2D eigenvalue weighted by molar-refractivity contribution is 0.194. The summed E-state index contributed by atoms with van der Waals surface area (Å²) in [5.41, 5.74) is 1.33. The number of hydrogen-bond acceptors (Lipinski definition) is 2. The molecule has 1 fully saturated rings. The minimum atomic E-state index is -0.764. The summed E-state index contributed by atoms with van der Waals surface area (Å²) in [5, 5.41) is 9.87. The van der Waals surface area contributed by atoms with Gasteiger partial charge in [0, 0.05) is 23.8 Å². The van der Waals surface area contributed by atoms with Crippen LogP contribution in [-0.4, -0.2) is 17.7 Å². The second-order valence-corrected chi connectivity index (χ2v) is 5.48. The Morgan fingerprint density at radius 3 is 2.89 bits per heavy atom. The molecule has 0 bridgehead atoms. The van der Waals surface area contributed by atoms with Crippen molar-refractivity contribution in [1.29, 1.82) is 0 Å². The first-order valence-corrected chi connectivity index (χ1v) is 7.38. The standard InChI is InChI=1S/C16H24FNO/c1-3-7-13-8-4-5-11-18(13)15-10-6-9-14(17)16(15)12(2)19/h6,9-10,12-13,19H,3-5,7-8,11H2,1-2H3/t12-,13?/m0/s1. The zero-order chi connectivity index (χ0) is 13.8. The first-order valence-electron chi connectivity index (χ1n) is 7.38. The summed E-state index contributed by atoms with van der Waals surface area (Å²) < 4.78 is 14.0. The van der Waals surface area contributed by atoms with E-state index in [0.717, 1.165) is 31.5 Å². The molecular formula is C16H24FNO. The minimum absolute atomic E-state index is 0.298. The summed E-state index contributed by atoms with van der Waals surface area (Å²) in [6, 6.07) is 5.61. The zero-order valence-electron chi connectivity index (χ0n) is 11.9. The van der Waals surface area contributed by atoms with Crippen LogP contribution in [0.15, 0.2) is 18.2 Å². The number of rotatable bonds is 4. The summed E-state index contributed by atoms with van der Waals surface area (Å²) in [5.74, 6) is -0.298. The van der Waals surface area contributed by atoms with E-state index in [0.29, 0.717) is 11.6 Å². The van der Waals surface area contributed by atoms with Crippen molar-refractivity contribution in [1.82, 2.24) is 0 Å². The highest BCUT2D eigenvalue weighted by molar-refractivity contribution is 5.56. The predicted molar refractivity (Wildman–Crippen MR) is 76.9 cm³/mol. The minimum Gasteiger partial charge on any atom is -0.389 e. The van der Waals surface area contributed by atoms with Gasteiger partial charge in [-0.05, 0) is 44.7 Å². The molecule has 19 heavy (non-hydrogen) atoms. The van der Waals surface area contributed by atoms with Gasteiger partial charge in [-0.3, -0.25) is 0 Å². The Hall–Kier alpha value is -1.09. The maximum absolute atomic E-state index is 14.0. The average Bonchev–Trinajstić information content (AvgIpc) is 2.39. The maximum Gasteiger partial charge on any atom is 0.131 e. The van der Waals surface area contributed by atoms with Gasteiger partial charge >= 0.3 is 0 Å². The van der Waals surface area contributed by atoms with Gasteiger partial charge in [0.2, 0.25) is 0 Å². The van der Waals surface area contributed by atoms with E-state index >= 15 is 0 Å². The Kier molecular flexibility index (Phi) is 4.81. The molecule has 1 saturated heterocycles. The quantitative estimate of drug-likeness (QED) is 0.888. The van der Waals surface area contributed by atoms with Gasteiger partial charge in [0.05, 0.1) is 6.10 Å². The molecule has 1 N–H and O–H groups in total. The molecule has 2 nitrogen and oxygen atoms in total. The summed E-state index contributed by atoms with van der Waals surface area (Å²) in [6.45, 7) is 4.79. The molecule has 1 aromatic carbocycles. The van der Waals surface area contributed by atoms with Crippen molar-refractivity contribution < 1.29 is 9.50 Å². The van der Waals surface area contributed by atoms with Gasteiger partial charge in [-0.25, -0.2) is 4.39 Å². The molecule has 2 atom stereocenters. The number of anilines is 1. The monoisotopic (exact) mass is 265 g/mol. The highest BCUT2D eigenvalue weighted by Crippen LogP contribution is 2.34. The van der Waals surface area contributed by atoms with Gasteiger partial charge in [-0.15, -0.1) is 0 Å². The van der Waals surface area contributed by atoms with Crippen LogP contribution in [0.3, 0.4) is 0 Å². The van der Waals surface area contributed by atoms with Crippen molar-refractivity contribution in [3.63, 3.8) is 0 Å². The number of piperidine rings is 1.